The summed E-state index contributed by atoms with van der Waals surface area (Å²) >= 11 is 0. The van der Waals surface area contributed by atoms with Gasteiger partial charge in [-0.2, -0.15) is 0 Å². The topological polar surface area (TPSA) is 117 Å². The fraction of sp³-hybridized carbons (Fsp3) is 0.222. The molecule has 0 saturated carbocycles. The van der Waals surface area contributed by atoms with Crippen LogP contribution in [-0.4, -0.2) is 39.0 Å². The lowest BCUT2D eigenvalue weighted by Crippen LogP contribution is -2.29. The molecule has 142 valence electrons. The van der Waals surface area contributed by atoms with Gasteiger partial charge in [0.25, 0.3) is 0 Å². The van der Waals surface area contributed by atoms with Crippen molar-refractivity contribution in [3.05, 3.63) is 48.8 Å². The summed E-state index contributed by atoms with van der Waals surface area (Å²) in [4.78, 5) is 8.71. The SMILES string of the molecule is COc1nccc2c(Oc3ccc(S(=N)(=O)NC[C@@H](C)O)cc3)ccnc12. The molecule has 0 aliphatic rings. The van der Waals surface area contributed by atoms with Crippen molar-refractivity contribution < 1.29 is 18.8 Å². The number of nitrogens with one attached hydrogen (secondary N) is 2. The quantitative estimate of drug-likeness (QED) is 0.573. The van der Waals surface area contributed by atoms with E-state index in [-0.39, 0.29) is 6.54 Å². The molecule has 8 nitrogen and oxygen atoms in total. The number of nitrogens with zero attached hydrogens (tertiary/aromatic N) is 2. The van der Waals surface area contributed by atoms with Crippen LogP contribution in [0.1, 0.15) is 6.92 Å². The van der Waals surface area contributed by atoms with Gasteiger partial charge in [-0.3, -0.25) is 4.98 Å². The van der Waals surface area contributed by atoms with Gasteiger partial charge in [0.05, 0.1) is 23.5 Å². The highest BCUT2D eigenvalue weighted by atomic mass is 32.2. The van der Waals surface area contributed by atoms with Crippen molar-refractivity contribution in [3.8, 4) is 17.4 Å². The second-order valence-corrected chi connectivity index (χ2v) is 7.73. The van der Waals surface area contributed by atoms with Gasteiger partial charge in [0.15, 0.2) is 0 Å². The molecular weight excluding hydrogens is 368 g/mol. The molecule has 1 unspecified atom stereocenters. The Balaban J connectivity index is 1.84. The highest BCUT2D eigenvalue weighted by Crippen LogP contribution is 2.32. The molecule has 1 aromatic carbocycles. The predicted molar refractivity (Wildman–Crippen MR) is 101 cm³/mol. The summed E-state index contributed by atoms with van der Waals surface area (Å²) in [6, 6.07) is 9.91. The average Bonchev–Trinajstić information content (AvgIpc) is 2.67. The van der Waals surface area contributed by atoms with E-state index in [0.717, 1.165) is 5.39 Å². The first-order valence-electron chi connectivity index (χ1n) is 8.18. The summed E-state index contributed by atoms with van der Waals surface area (Å²) < 4.78 is 34.0. The smallest absolute Gasteiger partial charge is 0.240 e. The Morgan fingerprint density at radius 3 is 2.56 bits per heavy atom. The first-order chi connectivity index (χ1) is 12.9. The van der Waals surface area contributed by atoms with Crippen LogP contribution in [0.15, 0.2) is 53.7 Å². The maximum Gasteiger partial charge on any atom is 0.240 e. The van der Waals surface area contributed by atoms with Crippen molar-refractivity contribution in [2.75, 3.05) is 13.7 Å². The highest BCUT2D eigenvalue weighted by molar-refractivity contribution is 7.90. The molecule has 0 aliphatic carbocycles. The van der Waals surface area contributed by atoms with Crippen molar-refractivity contribution in [3.63, 3.8) is 0 Å². The number of pyridine rings is 2. The second-order valence-electron chi connectivity index (χ2n) is 5.85. The summed E-state index contributed by atoms with van der Waals surface area (Å²) in [5.74, 6) is 1.51. The van der Waals surface area contributed by atoms with E-state index >= 15 is 0 Å². The third-order valence-corrected chi connectivity index (χ3v) is 5.25. The average molecular weight is 388 g/mol. The number of aliphatic hydroxyl groups excluding tert-OH is 1. The Morgan fingerprint density at radius 2 is 1.89 bits per heavy atom. The van der Waals surface area contributed by atoms with E-state index in [1.807, 2.05) is 0 Å². The maximum atomic E-state index is 12.4. The fourth-order valence-electron chi connectivity index (χ4n) is 2.41. The molecule has 2 aromatic heterocycles. The Hall–Kier alpha value is -2.75. The number of ether oxygens (including phenoxy) is 2. The molecule has 2 heterocycles. The van der Waals surface area contributed by atoms with Crippen molar-refractivity contribution in [1.82, 2.24) is 14.7 Å². The minimum Gasteiger partial charge on any atom is -0.479 e. The van der Waals surface area contributed by atoms with Crippen molar-refractivity contribution >= 4 is 20.8 Å². The number of rotatable bonds is 7. The Bertz CT molecular complexity index is 1040. The Kier molecular flexibility index (Phi) is 5.54. The van der Waals surface area contributed by atoms with Gasteiger partial charge in [0.1, 0.15) is 26.9 Å². The summed E-state index contributed by atoms with van der Waals surface area (Å²) in [5.41, 5.74) is 0.589. The van der Waals surface area contributed by atoms with E-state index in [1.54, 1.807) is 55.7 Å². The van der Waals surface area contributed by atoms with Crippen molar-refractivity contribution in [2.45, 2.75) is 17.9 Å². The van der Waals surface area contributed by atoms with Crippen LogP contribution in [0.4, 0.5) is 0 Å². The molecule has 0 spiro atoms. The monoisotopic (exact) mass is 388 g/mol. The number of benzene rings is 1. The van der Waals surface area contributed by atoms with Gasteiger partial charge < -0.3 is 14.6 Å². The highest BCUT2D eigenvalue weighted by Gasteiger charge is 2.12. The van der Waals surface area contributed by atoms with E-state index in [1.165, 1.54) is 7.11 Å². The minimum absolute atomic E-state index is 0.0689. The number of fused-ring (bicyclic) bond motifs is 1. The Morgan fingerprint density at radius 1 is 1.19 bits per heavy atom. The number of aromatic nitrogens is 2. The van der Waals surface area contributed by atoms with Crippen LogP contribution in [0.25, 0.3) is 10.9 Å². The summed E-state index contributed by atoms with van der Waals surface area (Å²) in [6.07, 6.45) is 2.53. The van der Waals surface area contributed by atoms with Crippen LogP contribution in [-0.2, 0) is 9.92 Å². The molecule has 0 fully saturated rings. The van der Waals surface area contributed by atoms with Crippen LogP contribution in [0.2, 0.25) is 0 Å². The van der Waals surface area contributed by atoms with E-state index in [0.29, 0.717) is 27.8 Å². The van der Waals surface area contributed by atoms with Gasteiger partial charge >= 0.3 is 0 Å². The molecule has 0 aliphatic heterocycles. The zero-order chi connectivity index (χ0) is 19.4. The second kappa shape index (κ2) is 7.87. The van der Waals surface area contributed by atoms with Crippen molar-refractivity contribution in [2.24, 2.45) is 0 Å². The zero-order valence-corrected chi connectivity index (χ0v) is 15.7. The molecule has 0 amide bonds. The summed E-state index contributed by atoms with van der Waals surface area (Å²) in [7, 11) is -1.66. The van der Waals surface area contributed by atoms with Crippen molar-refractivity contribution in [1.29, 1.82) is 4.78 Å². The molecule has 3 rings (SSSR count). The van der Waals surface area contributed by atoms with Crippen LogP contribution >= 0.6 is 0 Å². The molecule has 0 saturated heterocycles. The fourth-order valence-corrected chi connectivity index (χ4v) is 3.58. The van der Waals surface area contributed by atoms with Crippen LogP contribution in [0.3, 0.4) is 0 Å². The minimum atomic E-state index is -3.19. The number of hydrogen-bond acceptors (Lipinski definition) is 7. The maximum absolute atomic E-state index is 12.4. The number of hydrogen-bond donors (Lipinski definition) is 3. The van der Waals surface area contributed by atoms with Gasteiger partial charge in [-0.25, -0.2) is 18.7 Å². The summed E-state index contributed by atoms with van der Waals surface area (Å²) in [5, 5.41) is 10.0. The lowest BCUT2D eigenvalue weighted by molar-refractivity contribution is 0.199. The lowest BCUT2D eigenvalue weighted by atomic mass is 10.2. The van der Waals surface area contributed by atoms with E-state index in [9.17, 15) is 9.32 Å². The molecule has 0 radical (unpaired) electrons. The van der Waals surface area contributed by atoms with Gasteiger partial charge in [0, 0.05) is 18.9 Å². The molecule has 9 heteroatoms. The van der Waals surface area contributed by atoms with Gasteiger partial charge in [-0.15, -0.1) is 0 Å². The predicted octanol–water partition coefficient (Wildman–Crippen LogP) is 2.72. The Labute approximate surface area is 157 Å². The number of methoxy groups -OCH3 is 1. The van der Waals surface area contributed by atoms with Crippen LogP contribution in [0, 0.1) is 4.78 Å². The molecule has 2 atom stereocenters. The number of aliphatic hydroxyl groups is 1. The van der Waals surface area contributed by atoms with Gasteiger partial charge in [0.2, 0.25) is 5.88 Å². The van der Waals surface area contributed by atoms with E-state index in [2.05, 4.69) is 14.7 Å². The molecular formula is C18H20N4O4S. The first-order valence-corrected chi connectivity index (χ1v) is 9.73. The van der Waals surface area contributed by atoms with E-state index < -0.39 is 16.0 Å². The standard InChI is InChI=1S/C18H20N4O4S/c1-12(23)11-22-27(19,24)14-5-3-13(4-6-14)26-16-8-10-20-17-15(16)7-9-21-18(17)25-2/h3-10,12,23H,11H2,1-2H3,(H2,19,22,24)/t12-,27?/m1/s1. The van der Waals surface area contributed by atoms with Crippen LogP contribution < -0.4 is 14.2 Å². The van der Waals surface area contributed by atoms with Gasteiger partial charge in [-0.1, -0.05) is 0 Å². The third kappa shape index (κ3) is 4.33. The van der Waals surface area contributed by atoms with E-state index in [4.69, 9.17) is 14.3 Å². The lowest BCUT2D eigenvalue weighted by Gasteiger charge is -2.13. The first kappa shape index (κ1) is 19.0. The third-order valence-electron chi connectivity index (χ3n) is 3.74. The largest absolute Gasteiger partial charge is 0.479 e. The molecule has 3 N–H and O–H groups in total. The molecule has 27 heavy (non-hydrogen) atoms. The van der Waals surface area contributed by atoms with Crippen LogP contribution in [0.5, 0.6) is 17.4 Å². The molecule has 3 aromatic rings. The zero-order valence-electron chi connectivity index (χ0n) is 14.9. The summed E-state index contributed by atoms with van der Waals surface area (Å²) in [6.45, 7) is 1.63. The van der Waals surface area contributed by atoms with Gasteiger partial charge in [-0.05, 0) is 43.3 Å². The molecule has 0 bridgehead atoms. The normalized spacial score (nSPS) is 14.5.